The van der Waals surface area contributed by atoms with Crippen molar-refractivity contribution in [1.29, 1.82) is 0 Å². The monoisotopic (exact) mass is 255 g/mol. The third-order valence-corrected chi connectivity index (χ3v) is 3.57. The van der Waals surface area contributed by atoms with E-state index in [1.807, 2.05) is 20.8 Å². The van der Waals surface area contributed by atoms with Gasteiger partial charge in [-0.3, -0.25) is 4.79 Å². The number of carbonyl (C=O) groups is 2. The maximum Gasteiger partial charge on any atom is 0.339 e. The van der Waals surface area contributed by atoms with Crippen molar-refractivity contribution in [2.45, 2.75) is 40.0 Å². The second kappa shape index (κ2) is 5.82. The lowest BCUT2D eigenvalue weighted by atomic mass is 10.1. The van der Waals surface area contributed by atoms with Crippen molar-refractivity contribution < 1.29 is 14.7 Å². The Hall–Kier alpha value is -1.36. The van der Waals surface area contributed by atoms with Gasteiger partial charge in [-0.25, -0.2) is 4.79 Å². The molecule has 0 saturated carbocycles. The molecule has 1 amide bonds. The highest BCUT2D eigenvalue weighted by molar-refractivity contribution is 7.16. The van der Waals surface area contributed by atoms with Gasteiger partial charge in [0.1, 0.15) is 5.00 Å². The molecule has 1 rings (SSSR count). The lowest BCUT2D eigenvalue weighted by Gasteiger charge is -2.03. The summed E-state index contributed by atoms with van der Waals surface area (Å²) in [5.74, 6) is -1.10. The zero-order chi connectivity index (χ0) is 13.0. The Balaban J connectivity index is 3.07. The van der Waals surface area contributed by atoms with Crippen molar-refractivity contribution in [2.24, 2.45) is 0 Å². The fourth-order valence-corrected chi connectivity index (χ4v) is 2.89. The van der Waals surface area contributed by atoms with Crippen LogP contribution >= 0.6 is 11.3 Å². The molecule has 0 unspecified atom stereocenters. The van der Waals surface area contributed by atoms with E-state index < -0.39 is 5.97 Å². The third kappa shape index (κ3) is 3.06. The molecule has 0 bridgehead atoms. The molecule has 0 spiro atoms. The maximum atomic E-state index is 11.5. The summed E-state index contributed by atoms with van der Waals surface area (Å²) < 4.78 is 0. The highest BCUT2D eigenvalue weighted by Crippen LogP contribution is 2.33. The molecule has 94 valence electrons. The lowest BCUT2D eigenvalue weighted by Crippen LogP contribution is -2.12. The maximum absolute atomic E-state index is 11.5. The number of carboxylic acids is 1. The van der Waals surface area contributed by atoms with Gasteiger partial charge in [0.05, 0.1) is 5.56 Å². The van der Waals surface area contributed by atoms with Crippen LogP contribution in [0.25, 0.3) is 0 Å². The van der Waals surface area contributed by atoms with E-state index in [1.54, 1.807) is 0 Å². The molecule has 1 aromatic rings. The summed E-state index contributed by atoms with van der Waals surface area (Å²) in [7, 11) is 0. The Labute approximate surface area is 105 Å². The number of hydrogen-bond acceptors (Lipinski definition) is 3. The molecule has 0 aliphatic carbocycles. The number of hydrogen-bond donors (Lipinski definition) is 2. The smallest absolute Gasteiger partial charge is 0.339 e. The second-order valence-electron chi connectivity index (χ2n) is 3.80. The van der Waals surface area contributed by atoms with Gasteiger partial charge < -0.3 is 10.4 Å². The Bertz CT molecular complexity index is 437. The fourth-order valence-electron chi connectivity index (χ4n) is 1.73. The molecular formula is C12H17NO3S. The Morgan fingerprint density at radius 3 is 2.47 bits per heavy atom. The molecule has 1 aromatic heterocycles. The molecule has 0 radical (unpaired) electrons. The number of carboxylic acid groups (broad SMARTS) is 1. The molecule has 0 fully saturated rings. The van der Waals surface area contributed by atoms with Gasteiger partial charge in [0.25, 0.3) is 0 Å². The van der Waals surface area contributed by atoms with Gasteiger partial charge in [-0.2, -0.15) is 0 Å². The van der Waals surface area contributed by atoms with Gasteiger partial charge in [-0.05, 0) is 25.3 Å². The summed E-state index contributed by atoms with van der Waals surface area (Å²) >= 11 is 1.34. The number of thiophene rings is 1. The molecule has 0 saturated heterocycles. The van der Waals surface area contributed by atoms with Crippen molar-refractivity contribution in [2.75, 3.05) is 5.32 Å². The van der Waals surface area contributed by atoms with Crippen molar-refractivity contribution in [1.82, 2.24) is 0 Å². The van der Waals surface area contributed by atoms with Gasteiger partial charge >= 0.3 is 5.97 Å². The van der Waals surface area contributed by atoms with Crippen LogP contribution in [0.4, 0.5) is 5.00 Å². The number of carbonyl (C=O) groups excluding carboxylic acids is 1. The van der Waals surface area contributed by atoms with Crippen LogP contribution in [0.2, 0.25) is 0 Å². The first-order chi connectivity index (χ1) is 8.01. The van der Waals surface area contributed by atoms with E-state index >= 15 is 0 Å². The fraction of sp³-hybridized carbons (Fsp3) is 0.500. The topological polar surface area (TPSA) is 66.4 Å². The molecule has 0 aliphatic rings. The first kappa shape index (κ1) is 13.7. The summed E-state index contributed by atoms with van der Waals surface area (Å²) in [4.78, 5) is 23.7. The molecule has 4 nitrogen and oxygen atoms in total. The van der Waals surface area contributed by atoms with Crippen LogP contribution in [0.5, 0.6) is 0 Å². The van der Waals surface area contributed by atoms with Gasteiger partial charge in [0.2, 0.25) is 5.91 Å². The molecule has 5 heteroatoms. The first-order valence-electron chi connectivity index (χ1n) is 5.66. The van der Waals surface area contributed by atoms with Gasteiger partial charge in [-0.15, -0.1) is 11.3 Å². The van der Waals surface area contributed by atoms with E-state index in [1.165, 1.54) is 11.3 Å². The minimum Gasteiger partial charge on any atom is -0.478 e. The Kier molecular flexibility index (Phi) is 4.69. The number of aryl methyl sites for hydroxylation is 1. The van der Waals surface area contributed by atoms with Crippen LogP contribution in [0.15, 0.2) is 0 Å². The largest absolute Gasteiger partial charge is 0.478 e. The van der Waals surface area contributed by atoms with Crippen molar-refractivity contribution in [3.8, 4) is 0 Å². The molecule has 0 aromatic carbocycles. The minimum atomic E-state index is -0.974. The molecule has 0 aliphatic heterocycles. The Morgan fingerprint density at radius 2 is 2.00 bits per heavy atom. The number of nitrogens with one attached hydrogen (secondary N) is 1. The zero-order valence-electron chi connectivity index (χ0n) is 10.3. The predicted octanol–water partition coefficient (Wildman–Crippen LogP) is 3.06. The normalized spacial score (nSPS) is 10.3. The van der Waals surface area contributed by atoms with Crippen molar-refractivity contribution in [3.63, 3.8) is 0 Å². The lowest BCUT2D eigenvalue weighted by molar-refractivity contribution is -0.116. The third-order valence-electron chi connectivity index (χ3n) is 2.51. The zero-order valence-corrected chi connectivity index (χ0v) is 11.1. The van der Waals surface area contributed by atoms with Crippen LogP contribution in [-0.4, -0.2) is 17.0 Å². The van der Waals surface area contributed by atoms with E-state index in [9.17, 15) is 14.7 Å². The highest BCUT2D eigenvalue weighted by atomic mass is 32.1. The first-order valence-corrected chi connectivity index (χ1v) is 6.48. The van der Waals surface area contributed by atoms with E-state index in [0.29, 0.717) is 17.8 Å². The minimum absolute atomic E-state index is 0.126. The number of rotatable bonds is 5. The number of anilines is 1. The Morgan fingerprint density at radius 1 is 1.35 bits per heavy atom. The van der Waals surface area contributed by atoms with Crippen LogP contribution in [-0.2, 0) is 11.2 Å². The summed E-state index contributed by atoms with van der Waals surface area (Å²) in [6, 6.07) is 0. The summed E-state index contributed by atoms with van der Waals surface area (Å²) in [5, 5.41) is 12.3. The van der Waals surface area contributed by atoms with Crippen LogP contribution in [0.1, 0.15) is 47.5 Å². The average Bonchev–Trinajstić information content (AvgIpc) is 2.54. The SMILES string of the molecule is CCCC(=O)Nc1sc(C)c(CC)c1C(=O)O. The molecule has 17 heavy (non-hydrogen) atoms. The molecule has 0 atom stereocenters. The van der Waals surface area contributed by atoms with E-state index in [0.717, 1.165) is 16.9 Å². The second-order valence-corrected chi connectivity index (χ2v) is 5.02. The quantitative estimate of drug-likeness (QED) is 0.849. The van der Waals surface area contributed by atoms with E-state index in [-0.39, 0.29) is 11.5 Å². The number of aromatic carboxylic acids is 1. The standard InChI is InChI=1S/C12H17NO3S/c1-4-6-9(14)13-11-10(12(15)16)8(5-2)7(3)17-11/h4-6H2,1-3H3,(H,13,14)(H,15,16). The molecular weight excluding hydrogens is 238 g/mol. The van der Waals surface area contributed by atoms with Gasteiger partial charge in [-0.1, -0.05) is 13.8 Å². The highest BCUT2D eigenvalue weighted by Gasteiger charge is 2.21. The van der Waals surface area contributed by atoms with Gasteiger partial charge in [0.15, 0.2) is 0 Å². The van der Waals surface area contributed by atoms with Gasteiger partial charge in [0, 0.05) is 11.3 Å². The van der Waals surface area contributed by atoms with Crippen LogP contribution < -0.4 is 5.32 Å². The molecule has 2 N–H and O–H groups in total. The van der Waals surface area contributed by atoms with Crippen LogP contribution in [0, 0.1) is 6.92 Å². The van der Waals surface area contributed by atoms with E-state index in [4.69, 9.17) is 0 Å². The van der Waals surface area contributed by atoms with Crippen LogP contribution in [0.3, 0.4) is 0 Å². The average molecular weight is 255 g/mol. The number of amides is 1. The summed E-state index contributed by atoms with van der Waals surface area (Å²) in [5.41, 5.74) is 1.06. The van der Waals surface area contributed by atoms with Crippen molar-refractivity contribution in [3.05, 3.63) is 16.0 Å². The summed E-state index contributed by atoms with van der Waals surface area (Å²) in [6.45, 7) is 5.71. The van der Waals surface area contributed by atoms with Crippen molar-refractivity contribution >= 4 is 28.2 Å². The van der Waals surface area contributed by atoms with E-state index in [2.05, 4.69) is 5.32 Å². The predicted molar refractivity (Wildman–Crippen MR) is 68.9 cm³/mol. The summed E-state index contributed by atoms with van der Waals surface area (Å²) in [6.07, 6.45) is 1.82. The molecule has 1 heterocycles.